The van der Waals surface area contributed by atoms with Crippen LogP contribution in [0, 0.1) is 5.41 Å². The third-order valence-corrected chi connectivity index (χ3v) is 6.32. The first-order valence-corrected chi connectivity index (χ1v) is 11.5. The van der Waals surface area contributed by atoms with Crippen molar-refractivity contribution in [2.75, 3.05) is 44.3 Å². The van der Waals surface area contributed by atoms with Gasteiger partial charge in [-0.1, -0.05) is 67.5 Å². The molecule has 1 aliphatic heterocycles. The van der Waals surface area contributed by atoms with Gasteiger partial charge in [0.15, 0.2) is 11.7 Å². The van der Waals surface area contributed by atoms with Crippen molar-refractivity contribution in [1.29, 1.82) is 5.41 Å². The van der Waals surface area contributed by atoms with Crippen LogP contribution in [0.4, 0.5) is 5.88 Å². The fourth-order valence-corrected chi connectivity index (χ4v) is 4.06. The fourth-order valence-electron chi connectivity index (χ4n) is 4.06. The molecule has 0 bridgehead atoms. The van der Waals surface area contributed by atoms with E-state index in [1.54, 1.807) is 4.90 Å². The lowest BCUT2D eigenvalue weighted by molar-refractivity contribution is 0.0394. The number of nitrogens with one attached hydrogen (secondary N) is 1. The van der Waals surface area contributed by atoms with Crippen molar-refractivity contribution < 1.29 is 14.1 Å². The molecule has 8 heteroatoms. The second kappa shape index (κ2) is 10.2. The Kier molecular flexibility index (Phi) is 7.09. The first-order chi connectivity index (χ1) is 16.4. The number of benzene rings is 2. The van der Waals surface area contributed by atoms with E-state index in [1.165, 1.54) is 0 Å². The van der Waals surface area contributed by atoms with E-state index in [1.807, 2.05) is 74.5 Å². The maximum Gasteiger partial charge on any atom is 0.234 e. The molecule has 1 aliphatic rings. The van der Waals surface area contributed by atoms with E-state index in [4.69, 9.17) is 20.4 Å². The molecule has 0 unspecified atom stereocenters. The van der Waals surface area contributed by atoms with E-state index in [-0.39, 0.29) is 11.7 Å². The van der Waals surface area contributed by atoms with Crippen LogP contribution in [0.25, 0.3) is 0 Å². The molecule has 1 fully saturated rings. The Morgan fingerprint density at radius 3 is 2.50 bits per heavy atom. The van der Waals surface area contributed by atoms with Gasteiger partial charge >= 0.3 is 0 Å². The number of ketones is 1. The van der Waals surface area contributed by atoms with E-state index in [0.29, 0.717) is 42.5 Å². The topological polar surface area (TPSA) is 109 Å². The number of hydrogen-bond acceptors (Lipinski definition) is 6. The average molecular weight is 462 g/mol. The van der Waals surface area contributed by atoms with Gasteiger partial charge in [0.05, 0.1) is 18.9 Å². The second-order valence-corrected chi connectivity index (χ2v) is 8.94. The third kappa shape index (κ3) is 5.18. The van der Waals surface area contributed by atoms with Gasteiger partial charge in [0.2, 0.25) is 5.88 Å². The molecule has 1 aromatic heterocycles. The molecule has 0 saturated carbocycles. The highest BCUT2D eigenvalue weighted by Crippen LogP contribution is 2.33. The van der Waals surface area contributed by atoms with Gasteiger partial charge in [0.1, 0.15) is 0 Å². The molecule has 0 spiro atoms. The van der Waals surface area contributed by atoms with Gasteiger partial charge in [0.25, 0.3) is 0 Å². The van der Waals surface area contributed by atoms with E-state index >= 15 is 0 Å². The zero-order valence-electron chi connectivity index (χ0n) is 19.7. The lowest BCUT2D eigenvalue weighted by Crippen LogP contribution is -2.45. The second-order valence-electron chi connectivity index (χ2n) is 8.94. The molecule has 3 aromatic rings. The largest absolute Gasteiger partial charge is 0.379 e. The number of rotatable bonds is 8. The maximum atomic E-state index is 12.9. The Balaban J connectivity index is 1.53. The van der Waals surface area contributed by atoms with Crippen molar-refractivity contribution in [2.45, 2.75) is 19.3 Å². The summed E-state index contributed by atoms with van der Waals surface area (Å²) in [4.78, 5) is 16.8. The molecule has 2 heterocycles. The number of morpholine rings is 1. The summed E-state index contributed by atoms with van der Waals surface area (Å²) in [7, 11) is 0. The number of guanidine groups is 1. The minimum absolute atomic E-state index is 0.0232. The molecule has 0 amide bonds. The quantitative estimate of drug-likeness (QED) is 0.301. The molecule has 8 nitrogen and oxygen atoms in total. The Morgan fingerprint density at radius 2 is 1.79 bits per heavy atom. The number of aromatic nitrogens is 1. The van der Waals surface area contributed by atoms with Gasteiger partial charge in [-0.15, -0.1) is 0 Å². The smallest absolute Gasteiger partial charge is 0.234 e. The summed E-state index contributed by atoms with van der Waals surface area (Å²) in [5.41, 5.74) is 8.25. The van der Waals surface area contributed by atoms with Crippen molar-refractivity contribution in [1.82, 2.24) is 10.1 Å². The highest BCUT2D eigenvalue weighted by atomic mass is 16.5. The van der Waals surface area contributed by atoms with Crippen LogP contribution in [0.2, 0.25) is 0 Å². The summed E-state index contributed by atoms with van der Waals surface area (Å²) < 4.78 is 11.0. The van der Waals surface area contributed by atoms with Crippen LogP contribution in [0.15, 0.2) is 65.2 Å². The monoisotopic (exact) mass is 461 g/mol. The molecule has 0 aliphatic carbocycles. The zero-order chi connectivity index (χ0) is 24.1. The van der Waals surface area contributed by atoms with E-state index in [0.717, 1.165) is 25.2 Å². The highest BCUT2D eigenvalue weighted by Gasteiger charge is 2.29. The van der Waals surface area contributed by atoms with Gasteiger partial charge in [-0.2, -0.15) is 0 Å². The molecule has 1 saturated heterocycles. The molecule has 4 rings (SSSR count). The van der Waals surface area contributed by atoms with Gasteiger partial charge in [-0.05, 0) is 11.6 Å². The molecule has 34 heavy (non-hydrogen) atoms. The molecule has 178 valence electrons. The Bertz CT molecular complexity index is 1140. The average Bonchev–Trinajstić information content (AvgIpc) is 3.35. The molecular weight excluding hydrogens is 430 g/mol. The first kappa shape index (κ1) is 23.7. The molecule has 0 atom stereocenters. The summed E-state index contributed by atoms with van der Waals surface area (Å²) >= 11 is 0. The Labute approximate surface area is 199 Å². The van der Waals surface area contributed by atoms with Crippen LogP contribution in [-0.2, 0) is 10.2 Å². The zero-order valence-corrected chi connectivity index (χ0v) is 19.7. The van der Waals surface area contributed by atoms with Crippen molar-refractivity contribution in [2.24, 2.45) is 5.73 Å². The minimum atomic E-state index is -0.526. The fraction of sp³-hybridized carbons (Fsp3) is 0.346. The normalized spacial score (nSPS) is 14.6. The Hall–Kier alpha value is -3.49. The van der Waals surface area contributed by atoms with Gasteiger partial charge in [-0.25, -0.2) is 0 Å². The van der Waals surface area contributed by atoms with Crippen LogP contribution in [-0.4, -0.2) is 61.2 Å². The van der Waals surface area contributed by atoms with E-state index < -0.39 is 5.41 Å². The van der Waals surface area contributed by atoms with Crippen molar-refractivity contribution in [3.8, 4) is 0 Å². The van der Waals surface area contributed by atoms with E-state index in [9.17, 15) is 4.79 Å². The molecule has 2 aromatic carbocycles. The summed E-state index contributed by atoms with van der Waals surface area (Å²) in [6.07, 6.45) is 0. The number of anilines is 1. The van der Waals surface area contributed by atoms with Crippen molar-refractivity contribution >= 4 is 17.6 Å². The van der Waals surface area contributed by atoms with Gasteiger partial charge < -0.3 is 15.0 Å². The minimum Gasteiger partial charge on any atom is -0.379 e. The molecular formula is C26H31N5O3. The Morgan fingerprint density at radius 1 is 1.09 bits per heavy atom. The third-order valence-electron chi connectivity index (χ3n) is 6.32. The van der Waals surface area contributed by atoms with Crippen LogP contribution in [0.3, 0.4) is 0 Å². The molecule has 0 radical (unpaired) electrons. The number of ether oxygens (including phenoxy) is 1. The lowest BCUT2D eigenvalue weighted by Gasteiger charge is -2.29. The number of nitrogens with two attached hydrogens (primary N) is 1. The number of hydrogen-bond donors (Lipinski definition) is 2. The standard InChI is InChI=1S/C26H31N5O3/c1-26(2,21-10-6-9-20(17-21)24(32)19-7-4-3-5-8-19)22-18-23(34-29-22)31(25(27)28)12-11-30-13-15-33-16-14-30/h3-10,17-18H,11-16H2,1-2H3,(H3,27,28). The maximum absolute atomic E-state index is 12.9. The van der Waals surface area contributed by atoms with E-state index in [2.05, 4.69) is 10.1 Å². The summed E-state index contributed by atoms with van der Waals surface area (Å²) in [6, 6.07) is 18.7. The predicted octanol–water partition coefficient (Wildman–Crippen LogP) is 3.26. The SMILES string of the molecule is CC(C)(c1cccc(C(=O)c2ccccc2)c1)c1cc(N(CCN2CCOCC2)C(=N)N)on1. The van der Waals surface area contributed by atoms with Crippen LogP contribution in [0.1, 0.15) is 41.0 Å². The summed E-state index contributed by atoms with van der Waals surface area (Å²) in [5.74, 6) is 0.314. The van der Waals surface area contributed by atoms with Gasteiger partial charge in [-0.3, -0.25) is 20.0 Å². The lowest BCUT2D eigenvalue weighted by atomic mass is 9.80. The summed E-state index contributed by atoms with van der Waals surface area (Å²) in [6.45, 7) is 8.48. The number of nitrogens with zero attached hydrogens (tertiary/aromatic N) is 3. The number of carbonyl (C=O) groups excluding carboxylic acids is 1. The van der Waals surface area contributed by atoms with Crippen molar-refractivity contribution in [3.63, 3.8) is 0 Å². The molecule has 3 N–H and O–H groups in total. The number of carbonyl (C=O) groups is 1. The highest BCUT2D eigenvalue weighted by molar-refractivity contribution is 6.09. The summed E-state index contributed by atoms with van der Waals surface area (Å²) in [5, 5.41) is 12.3. The van der Waals surface area contributed by atoms with Gasteiger partial charge in [0, 0.05) is 48.8 Å². The first-order valence-electron chi connectivity index (χ1n) is 11.5. The van der Waals surface area contributed by atoms with Crippen LogP contribution < -0.4 is 10.6 Å². The predicted molar refractivity (Wildman–Crippen MR) is 131 cm³/mol. The van der Waals surface area contributed by atoms with Crippen LogP contribution in [0.5, 0.6) is 0 Å². The van der Waals surface area contributed by atoms with Crippen molar-refractivity contribution in [3.05, 3.63) is 83.0 Å². The van der Waals surface area contributed by atoms with Crippen LogP contribution >= 0.6 is 0 Å².